The van der Waals surface area contributed by atoms with E-state index in [0.29, 0.717) is 5.65 Å². The van der Waals surface area contributed by atoms with E-state index >= 15 is 0 Å². The van der Waals surface area contributed by atoms with E-state index in [1.165, 1.54) is 0 Å². The number of nitrogens with one attached hydrogen (secondary N) is 1. The largest absolute Gasteiger partial charge is 0.331 e. The van der Waals surface area contributed by atoms with Gasteiger partial charge in [-0.25, -0.2) is 14.2 Å². The summed E-state index contributed by atoms with van der Waals surface area (Å²) in [4.78, 5) is 18.6. The van der Waals surface area contributed by atoms with Gasteiger partial charge in [-0.15, -0.1) is 0 Å². The van der Waals surface area contributed by atoms with E-state index in [2.05, 4.69) is 9.97 Å². The fraction of sp³-hybridized carbons (Fsp3) is 0.0909. The number of pyridine rings is 1. The monoisotopic (exact) mass is 199 g/mol. The van der Waals surface area contributed by atoms with Crippen molar-refractivity contribution < 1.29 is 0 Å². The van der Waals surface area contributed by atoms with Gasteiger partial charge >= 0.3 is 5.69 Å². The normalized spacial score (nSPS) is 11.3. The molecule has 0 aliphatic carbocycles. The van der Waals surface area contributed by atoms with E-state index in [-0.39, 0.29) is 5.69 Å². The summed E-state index contributed by atoms with van der Waals surface area (Å²) < 4.78 is 1.60. The summed E-state index contributed by atoms with van der Waals surface area (Å²) in [5.41, 5.74) is 2.56. The van der Waals surface area contributed by atoms with Crippen LogP contribution in [0.2, 0.25) is 0 Å². The zero-order chi connectivity index (χ0) is 10.4. The Labute approximate surface area is 85.2 Å². The van der Waals surface area contributed by atoms with Crippen LogP contribution in [0.5, 0.6) is 0 Å². The van der Waals surface area contributed by atoms with Gasteiger partial charge in [0.25, 0.3) is 0 Å². The average molecular weight is 199 g/mol. The molecule has 15 heavy (non-hydrogen) atoms. The standard InChI is InChI=1S/C11H9N3O/c1-7-8-3-2-5-12-10(8)14-9(7)4-6-13-11(14)15/h2-6H,1H3,(H,13,15). The van der Waals surface area contributed by atoms with E-state index in [1.807, 2.05) is 25.1 Å². The van der Waals surface area contributed by atoms with Crippen LogP contribution in [-0.2, 0) is 0 Å². The van der Waals surface area contributed by atoms with Crippen molar-refractivity contribution in [3.8, 4) is 0 Å². The molecule has 0 amide bonds. The Morgan fingerprint density at radius 1 is 1.40 bits per heavy atom. The molecule has 4 heteroatoms. The van der Waals surface area contributed by atoms with Crippen molar-refractivity contribution in [1.82, 2.24) is 14.4 Å². The molecule has 0 saturated heterocycles. The molecule has 3 rings (SSSR count). The zero-order valence-electron chi connectivity index (χ0n) is 8.19. The van der Waals surface area contributed by atoms with Gasteiger partial charge in [-0.3, -0.25) is 0 Å². The Balaban J connectivity index is 2.77. The first kappa shape index (κ1) is 8.23. The predicted octanol–water partition coefficient (Wildman–Crippen LogP) is 1.48. The molecule has 74 valence electrons. The Morgan fingerprint density at radius 2 is 2.27 bits per heavy atom. The van der Waals surface area contributed by atoms with E-state index in [1.54, 1.807) is 16.8 Å². The number of hydrogen-bond acceptors (Lipinski definition) is 2. The van der Waals surface area contributed by atoms with Gasteiger partial charge in [0, 0.05) is 17.8 Å². The molecule has 0 radical (unpaired) electrons. The number of aromatic nitrogens is 3. The van der Waals surface area contributed by atoms with Crippen LogP contribution in [-0.4, -0.2) is 14.4 Å². The van der Waals surface area contributed by atoms with Gasteiger partial charge in [0.1, 0.15) is 5.65 Å². The van der Waals surface area contributed by atoms with Crippen LogP contribution in [0.25, 0.3) is 16.6 Å². The van der Waals surface area contributed by atoms with Crippen LogP contribution in [0.3, 0.4) is 0 Å². The van der Waals surface area contributed by atoms with Crippen LogP contribution in [0.4, 0.5) is 0 Å². The maximum absolute atomic E-state index is 11.7. The quantitative estimate of drug-likeness (QED) is 0.596. The summed E-state index contributed by atoms with van der Waals surface area (Å²) in [6.07, 6.45) is 3.35. The van der Waals surface area contributed by atoms with Gasteiger partial charge < -0.3 is 4.98 Å². The Morgan fingerprint density at radius 3 is 3.13 bits per heavy atom. The SMILES string of the molecule is Cc1c2cccnc2n2c(=O)[nH]ccc12. The maximum atomic E-state index is 11.7. The molecule has 0 unspecified atom stereocenters. The topological polar surface area (TPSA) is 50.2 Å². The second kappa shape index (κ2) is 2.70. The summed E-state index contributed by atoms with van der Waals surface area (Å²) in [5.74, 6) is 0. The fourth-order valence-corrected chi connectivity index (χ4v) is 1.95. The molecular formula is C11H9N3O. The molecule has 0 aliphatic heterocycles. The molecule has 1 N–H and O–H groups in total. The number of nitrogens with zero attached hydrogens (tertiary/aromatic N) is 2. The van der Waals surface area contributed by atoms with Gasteiger partial charge in [-0.1, -0.05) is 0 Å². The van der Waals surface area contributed by atoms with E-state index in [0.717, 1.165) is 16.5 Å². The number of fused-ring (bicyclic) bond motifs is 3. The molecule has 3 heterocycles. The summed E-state index contributed by atoms with van der Waals surface area (Å²) in [6.45, 7) is 2.00. The lowest BCUT2D eigenvalue weighted by atomic mass is 10.2. The summed E-state index contributed by atoms with van der Waals surface area (Å²) in [5, 5.41) is 1.02. The van der Waals surface area contributed by atoms with Gasteiger partial charge in [-0.05, 0) is 30.7 Å². The van der Waals surface area contributed by atoms with Crippen LogP contribution < -0.4 is 5.69 Å². The van der Waals surface area contributed by atoms with Gasteiger partial charge in [0.2, 0.25) is 0 Å². The average Bonchev–Trinajstić information content (AvgIpc) is 2.55. The molecule has 0 bridgehead atoms. The van der Waals surface area contributed by atoms with Crippen molar-refractivity contribution in [2.75, 3.05) is 0 Å². The molecule has 0 saturated carbocycles. The smallest absolute Gasteiger partial charge is 0.314 e. The van der Waals surface area contributed by atoms with Crippen LogP contribution in [0.15, 0.2) is 35.4 Å². The first-order valence-corrected chi connectivity index (χ1v) is 4.72. The highest BCUT2D eigenvalue weighted by Gasteiger charge is 2.09. The minimum absolute atomic E-state index is 0.149. The lowest BCUT2D eigenvalue weighted by molar-refractivity contribution is 1.02. The van der Waals surface area contributed by atoms with Gasteiger partial charge in [0.15, 0.2) is 0 Å². The Hall–Kier alpha value is -2.10. The molecule has 0 aromatic carbocycles. The van der Waals surface area contributed by atoms with Crippen LogP contribution in [0.1, 0.15) is 5.56 Å². The molecular weight excluding hydrogens is 190 g/mol. The minimum atomic E-state index is -0.149. The third-order valence-corrected chi connectivity index (χ3v) is 2.68. The lowest BCUT2D eigenvalue weighted by Crippen LogP contribution is -2.14. The highest BCUT2D eigenvalue weighted by molar-refractivity contribution is 5.88. The molecule has 3 aromatic heterocycles. The van der Waals surface area contributed by atoms with Crippen molar-refractivity contribution in [3.63, 3.8) is 0 Å². The highest BCUT2D eigenvalue weighted by atomic mass is 16.1. The zero-order valence-corrected chi connectivity index (χ0v) is 8.19. The summed E-state index contributed by atoms with van der Waals surface area (Å²) in [7, 11) is 0. The number of aromatic amines is 1. The van der Waals surface area contributed by atoms with Crippen LogP contribution in [0, 0.1) is 6.92 Å². The predicted molar refractivity (Wildman–Crippen MR) is 58.1 cm³/mol. The van der Waals surface area contributed by atoms with Crippen molar-refractivity contribution in [1.29, 1.82) is 0 Å². The van der Waals surface area contributed by atoms with Gasteiger partial charge in [-0.2, -0.15) is 0 Å². The molecule has 0 spiro atoms. The highest BCUT2D eigenvalue weighted by Crippen LogP contribution is 2.21. The third kappa shape index (κ3) is 0.958. The fourth-order valence-electron chi connectivity index (χ4n) is 1.95. The van der Waals surface area contributed by atoms with E-state index in [4.69, 9.17) is 0 Å². The molecule has 0 atom stereocenters. The number of H-pyrrole nitrogens is 1. The maximum Gasteiger partial charge on any atom is 0.331 e. The first-order chi connectivity index (χ1) is 7.29. The molecule has 0 fully saturated rings. The summed E-state index contributed by atoms with van der Waals surface area (Å²) in [6, 6.07) is 5.74. The third-order valence-electron chi connectivity index (χ3n) is 2.68. The van der Waals surface area contributed by atoms with E-state index in [9.17, 15) is 4.79 Å². The van der Waals surface area contributed by atoms with Gasteiger partial charge in [0.05, 0.1) is 5.52 Å². The number of rotatable bonds is 0. The van der Waals surface area contributed by atoms with Crippen LogP contribution >= 0.6 is 0 Å². The first-order valence-electron chi connectivity index (χ1n) is 4.72. The Kier molecular flexibility index (Phi) is 1.48. The molecule has 0 aliphatic rings. The lowest BCUT2D eigenvalue weighted by Gasteiger charge is -1.93. The summed E-state index contributed by atoms with van der Waals surface area (Å²) >= 11 is 0. The molecule has 3 aromatic rings. The molecule has 4 nitrogen and oxygen atoms in total. The van der Waals surface area contributed by atoms with E-state index < -0.39 is 0 Å². The number of aryl methyl sites for hydroxylation is 1. The van der Waals surface area contributed by atoms with Crippen molar-refractivity contribution in [2.45, 2.75) is 6.92 Å². The second-order valence-electron chi connectivity index (χ2n) is 3.50. The van der Waals surface area contributed by atoms with Crippen molar-refractivity contribution in [3.05, 3.63) is 46.6 Å². The Bertz CT molecular complexity index is 708. The minimum Gasteiger partial charge on any atom is -0.314 e. The second-order valence-corrected chi connectivity index (χ2v) is 3.50. The number of hydrogen-bond donors (Lipinski definition) is 1. The van der Waals surface area contributed by atoms with Crippen molar-refractivity contribution >= 4 is 16.6 Å². The van der Waals surface area contributed by atoms with Crippen molar-refractivity contribution in [2.24, 2.45) is 0 Å².